The molecule has 0 spiro atoms. The van der Waals surface area contributed by atoms with E-state index in [0.717, 1.165) is 67.6 Å². The minimum absolute atomic E-state index is 0.827. The maximum atomic E-state index is 5.21. The van der Waals surface area contributed by atoms with E-state index in [-0.39, 0.29) is 0 Å². The summed E-state index contributed by atoms with van der Waals surface area (Å²) in [5.74, 6) is 0. The van der Waals surface area contributed by atoms with Crippen LogP contribution >= 0.6 is 0 Å². The fourth-order valence-corrected chi connectivity index (χ4v) is 4.24. The summed E-state index contributed by atoms with van der Waals surface area (Å²) in [6.07, 6.45) is 3.61. The highest BCUT2D eigenvalue weighted by molar-refractivity contribution is 6.57. The van der Waals surface area contributed by atoms with Crippen molar-refractivity contribution < 1.29 is 0 Å². The van der Waals surface area contributed by atoms with Crippen LogP contribution in [0.3, 0.4) is 0 Å². The lowest BCUT2D eigenvalue weighted by Crippen LogP contribution is -2.24. The Morgan fingerprint density at radius 1 is 0.500 bits per heavy atom. The Hall–Kier alpha value is -3.92. The first-order valence-corrected chi connectivity index (χ1v) is 10.8. The quantitative estimate of drug-likeness (QED) is 0.368. The number of nitrogens with zero attached hydrogens (tertiary/aromatic N) is 4. The van der Waals surface area contributed by atoms with Gasteiger partial charge in [0.05, 0.1) is 34.2 Å². The summed E-state index contributed by atoms with van der Waals surface area (Å²) in [5, 5.41) is 0. The van der Waals surface area contributed by atoms with Gasteiger partial charge in [-0.15, -0.1) is 0 Å². The Labute approximate surface area is 188 Å². The van der Waals surface area contributed by atoms with Crippen LogP contribution in [-0.4, -0.2) is 21.4 Å². The van der Waals surface area contributed by atoms with Crippen LogP contribution < -0.4 is 0 Å². The van der Waals surface area contributed by atoms with Gasteiger partial charge < -0.3 is 0 Å². The fourth-order valence-electron chi connectivity index (χ4n) is 4.24. The smallest absolute Gasteiger partial charge is 0.0995 e. The molecule has 5 rings (SSSR count). The van der Waals surface area contributed by atoms with Crippen molar-refractivity contribution in [2.75, 3.05) is 0 Å². The third-order valence-corrected chi connectivity index (χ3v) is 5.90. The molecule has 1 aliphatic rings. The highest BCUT2D eigenvalue weighted by atomic mass is 14.9. The van der Waals surface area contributed by atoms with E-state index < -0.39 is 0 Å². The highest BCUT2D eigenvalue weighted by Gasteiger charge is 2.29. The first kappa shape index (κ1) is 20.0. The molecule has 0 aliphatic heterocycles. The van der Waals surface area contributed by atoms with Gasteiger partial charge in [0.1, 0.15) is 0 Å². The molecule has 4 aromatic rings. The number of rotatable bonds is 2. The molecule has 2 aromatic heterocycles. The number of aromatic nitrogens is 2. The number of hydrogen-bond donors (Lipinski definition) is 0. The van der Waals surface area contributed by atoms with Crippen LogP contribution in [0.4, 0.5) is 11.4 Å². The van der Waals surface area contributed by atoms with Gasteiger partial charge in [-0.2, -0.15) is 0 Å². The van der Waals surface area contributed by atoms with Crippen molar-refractivity contribution >= 4 is 22.8 Å². The number of aryl methyl sites for hydroxylation is 4. The zero-order valence-electron chi connectivity index (χ0n) is 18.7. The molecule has 32 heavy (non-hydrogen) atoms. The summed E-state index contributed by atoms with van der Waals surface area (Å²) >= 11 is 0. The largest absolute Gasteiger partial charge is 0.254 e. The Morgan fingerprint density at radius 3 is 1.25 bits per heavy atom. The Balaban J connectivity index is 1.87. The first-order chi connectivity index (χ1) is 15.5. The average molecular weight is 417 g/mol. The maximum absolute atomic E-state index is 5.21. The molecule has 0 fully saturated rings. The second kappa shape index (κ2) is 7.97. The predicted molar refractivity (Wildman–Crippen MR) is 132 cm³/mol. The van der Waals surface area contributed by atoms with E-state index in [4.69, 9.17) is 9.98 Å². The van der Waals surface area contributed by atoms with Gasteiger partial charge in [-0.3, -0.25) is 9.97 Å². The lowest BCUT2D eigenvalue weighted by molar-refractivity contribution is 1.22. The molecule has 0 atom stereocenters. The predicted octanol–water partition coefficient (Wildman–Crippen LogP) is 6.63. The molecule has 0 saturated carbocycles. The summed E-state index contributed by atoms with van der Waals surface area (Å²) in [6.45, 7) is 8.38. The summed E-state index contributed by atoms with van der Waals surface area (Å²) in [4.78, 5) is 19.8. The van der Waals surface area contributed by atoms with Crippen LogP contribution in [-0.2, 0) is 0 Å². The molecule has 156 valence electrons. The SMILES string of the molecule is Cc1cccc(C)c1N=C1C(=Nc2c(C)cccc2C)c2cccnc2-c2ncccc21. The topological polar surface area (TPSA) is 50.5 Å². The van der Waals surface area contributed by atoms with E-state index in [1.807, 2.05) is 24.5 Å². The van der Waals surface area contributed by atoms with Crippen molar-refractivity contribution in [2.24, 2.45) is 9.98 Å². The van der Waals surface area contributed by atoms with Crippen LogP contribution in [0, 0.1) is 27.7 Å². The van der Waals surface area contributed by atoms with Crippen molar-refractivity contribution in [3.8, 4) is 11.4 Å². The number of aliphatic imine (C=N–C) groups is 2. The van der Waals surface area contributed by atoms with E-state index in [1.165, 1.54) is 0 Å². The van der Waals surface area contributed by atoms with Gasteiger partial charge in [-0.05, 0) is 74.2 Å². The van der Waals surface area contributed by atoms with Crippen LogP contribution in [0.15, 0.2) is 83.0 Å². The second-order valence-electron chi connectivity index (χ2n) is 8.20. The molecular weight excluding hydrogens is 392 g/mol. The van der Waals surface area contributed by atoms with Crippen LogP contribution in [0.25, 0.3) is 11.4 Å². The van der Waals surface area contributed by atoms with E-state index in [9.17, 15) is 0 Å². The average Bonchev–Trinajstić information content (AvgIpc) is 2.80. The number of pyridine rings is 2. The maximum Gasteiger partial charge on any atom is 0.0995 e. The van der Waals surface area contributed by atoms with Crippen LogP contribution in [0.5, 0.6) is 0 Å². The van der Waals surface area contributed by atoms with Gasteiger partial charge in [-0.1, -0.05) is 36.4 Å². The van der Waals surface area contributed by atoms with Crippen molar-refractivity contribution in [1.82, 2.24) is 9.97 Å². The Morgan fingerprint density at radius 2 is 0.875 bits per heavy atom. The molecule has 0 bridgehead atoms. The second-order valence-corrected chi connectivity index (χ2v) is 8.20. The molecule has 0 amide bonds. The Bertz CT molecular complexity index is 1260. The normalized spacial score (nSPS) is 15.0. The molecule has 0 saturated heterocycles. The highest BCUT2D eigenvalue weighted by Crippen LogP contribution is 2.35. The molecule has 1 aliphatic carbocycles. The van der Waals surface area contributed by atoms with Gasteiger partial charge in [-0.25, -0.2) is 9.98 Å². The summed E-state index contributed by atoms with van der Waals surface area (Å²) < 4.78 is 0. The van der Waals surface area contributed by atoms with E-state index in [2.05, 4.69) is 86.2 Å². The van der Waals surface area contributed by atoms with Gasteiger partial charge >= 0.3 is 0 Å². The summed E-state index contributed by atoms with van der Waals surface area (Å²) in [5.41, 5.74) is 11.7. The summed E-state index contributed by atoms with van der Waals surface area (Å²) in [6, 6.07) is 20.5. The molecule has 4 heteroatoms. The van der Waals surface area contributed by atoms with Crippen molar-refractivity contribution in [3.05, 3.63) is 106 Å². The zero-order valence-corrected chi connectivity index (χ0v) is 18.7. The molecule has 2 aromatic carbocycles. The van der Waals surface area contributed by atoms with Crippen LogP contribution in [0.2, 0.25) is 0 Å². The van der Waals surface area contributed by atoms with Gasteiger partial charge in [0.15, 0.2) is 0 Å². The lowest BCUT2D eigenvalue weighted by atomic mass is 9.88. The van der Waals surface area contributed by atoms with E-state index in [0.29, 0.717) is 0 Å². The van der Waals surface area contributed by atoms with Gasteiger partial charge in [0.2, 0.25) is 0 Å². The minimum atomic E-state index is 0.827. The monoisotopic (exact) mass is 416 g/mol. The van der Waals surface area contributed by atoms with Crippen LogP contribution in [0.1, 0.15) is 33.4 Å². The first-order valence-electron chi connectivity index (χ1n) is 10.8. The van der Waals surface area contributed by atoms with Gasteiger partial charge in [0, 0.05) is 23.5 Å². The molecule has 0 N–H and O–H groups in total. The number of benzene rings is 2. The third-order valence-electron chi connectivity index (χ3n) is 5.90. The number of hydrogen-bond acceptors (Lipinski definition) is 4. The van der Waals surface area contributed by atoms with Crippen molar-refractivity contribution in [1.29, 1.82) is 0 Å². The number of para-hydroxylation sites is 2. The van der Waals surface area contributed by atoms with E-state index >= 15 is 0 Å². The molecule has 2 heterocycles. The minimum Gasteiger partial charge on any atom is -0.254 e. The third kappa shape index (κ3) is 3.34. The Kier molecular flexibility index (Phi) is 4.98. The van der Waals surface area contributed by atoms with Crippen molar-refractivity contribution in [2.45, 2.75) is 27.7 Å². The molecule has 0 radical (unpaired) electrons. The number of fused-ring (bicyclic) bond motifs is 3. The van der Waals surface area contributed by atoms with Gasteiger partial charge in [0.25, 0.3) is 0 Å². The lowest BCUT2D eigenvalue weighted by Gasteiger charge is -2.22. The molecule has 4 nitrogen and oxygen atoms in total. The molecular formula is C28H24N4. The standard InChI is InChI=1S/C28H24N4/c1-17-9-5-10-18(2)23(17)31-27-21-13-7-15-29-25(21)26-22(14-8-16-30-26)28(27)32-24-19(3)11-6-12-20(24)4/h5-16H,1-4H3. The fraction of sp³-hybridized carbons (Fsp3) is 0.143. The zero-order chi connectivity index (χ0) is 22.2. The van der Waals surface area contributed by atoms with E-state index in [1.54, 1.807) is 0 Å². The van der Waals surface area contributed by atoms with Crippen molar-refractivity contribution in [3.63, 3.8) is 0 Å². The summed E-state index contributed by atoms with van der Waals surface area (Å²) in [7, 11) is 0. The molecule has 0 unspecified atom stereocenters.